The van der Waals surface area contributed by atoms with E-state index in [-0.39, 0.29) is 0 Å². The summed E-state index contributed by atoms with van der Waals surface area (Å²) in [7, 11) is 2.13. The van der Waals surface area contributed by atoms with Crippen LogP contribution in [0.5, 0.6) is 0 Å². The van der Waals surface area contributed by atoms with Crippen LogP contribution >= 0.6 is 0 Å². The first-order valence-electron chi connectivity index (χ1n) is 7.73. The molecule has 2 fully saturated rings. The lowest BCUT2D eigenvalue weighted by atomic mass is 9.85. The first kappa shape index (κ1) is 13.4. The van der Waals surface area contributed by atoms with Crippen LogP contribution in [-0.2, 0) is 0 Å². The van der Waals surface area contributed by atoms with Crippen LogP contribution in [0.3, 0.4) is 0 Å². The van der Waals surface area contributed by atoms with Crippen molar-refractivity contribution in [3.8, 4) is 0 Å². The summed E-state index contributed by atoms with van der Waals surface area (Å²) in [5.41, 5.74) is 0. The molecule has 2 aliphatic carbocycles. The lowest BCUT2D eigenvalue weighted by Gasteiger charge is -2.32. The molecule has 1 N–H and O–H groups in total. The van der Waals surface area contributed by atoms with Gasteiger partial charge in [0.25, 0.3) is 0 Å². The van der Waals surface area contributed by atoms with Gasteiger partial charge in [-0.2, -0.15) is 0 Å². The topological polar surface area (TPSA) is 15.3 Å². The molecule has 0 aromatic rings. The van der Waals surface area contributed by atoms with Crippen LogP contribution in [0.2, 0.25) is 0 Å². The number of nitrogens with zero attached hydrogens (tertiary/aromatic N) is 1. The van der Waals surface area contributed by atoms with Gasteiger partial charge in [-0.25, -0.2) is 0 Å². The largest absolute Gasteiger partial charge is 0.317 e. The highest BCUT2D eigenvalue weighted by Gasteiger charge is 2.26. The minimum Gasteiger partial charge on any atom is -0.317 e. The quantitative estimate of drug-likeness (QED) is 0.733. The van der Waals surface area contributed by atoms with Gasteiger partial charge in [-0.3, -0.25) is 0 Å². The Hall–Kier alpha value is -0.0800. The fourth-order valence-electron chi connectivity index (χ4n) is 3.53. The molecule has 100 valence electrons. The van der Waals surface area contributed by atoms with Crippen molar-refractivity contribution in [1.82, 2.24) is 10.2 Å². The van der Waals surface area contributed by atoms with Crippen molar-refractivity contribution < 1.29 is 0 Å². The highest BCUT2D eigenvalue weighted by atomic mass is 15.1. The van der Waals surface area contributed by atoms with Gasteiger partial charge >= 0.3 is 0 Å². The van der Waals surface area contributed by atoms with Crippen molar-refractivity contribution in [2.24, 2.45) is 11.8 Å². The maximum Gasteiger partial charge on any atom is 0.00928 e. The van der Waals surface area contributed by atoms with Gasteiger partial charge < -0.3 is 10.2 Å². The predicted octanol–water partition coefficient (Wildman–Crippen LogP) is 2.89. The van der Waals surface area contributed by atoms with E-state index in [0.717, 1.165) is 17.9 Å². The van der Waals surface area contributed by atoms with Crippen molar-refractivity contribution >= 4 is 0 Å². The maximum atomic E-state index is 3.50. The second-order valence-electron chi connectivity index (χ2n) is 6.06. The summed E-state index contributed by atoms with van der Waals surface area (Å²) < 4.78 is 0. The molecule has 0 bridgehead atoms. The molecule has 2 atom stereocenters. The smallest absolute Gasteiger partial charge is 0.00928 e. The predicted molar refractivity (Wildman–Crippen MR) is 74.3 cm³/mol. The van der Waals surface area contributed by atoms with Crippen molar-refractivity contribution in [3.05, 3.63) is 0 Å². The second-order valence-corrected chi connectivity index (χ2v) is 6.06. The molecule has 2 unspecified atom stereocenters. The van der Waals surface area contributed by atoms with E-state index in [0.29, 0.717) is 0 Å². The molecule has 0 aromatic heterocycles. The van der Waals surface area contributed by atoms with Crippen LogP contribution < -0.4 is 5.32 Å². The van der Waals surface area contributed by atoms with Gasteiger partial charge in [-0.1, -0.05) is 19.8 Å². The molecule has 2 aliphatic rings. The number of hydrogen-bond acceptors (Lipinski definition) is 2. The monoisotopic (exact) mass is 238 g/mol. The summed E-state index contributed by atoms with van der Waals surface area (Å²) >= 11 is 0. The Labute approximate surface area is 107 Å². The van der Waals surface area contributed by atoms with Crippen LogP contribution in [-0.4, -0.2) is 37.6 Å². The van der Waals surface area contributed by atoms with E-state index < -0.39 is 0 Å². The van der Waals surface area contributed by atoms with E-state index in [1.54, 1.807) is 0 Å². The normalized spacial score (nSPS) is 29.8. The Morgan fingerprint density at radius 1 is 1.12 bits per heavy atom. The molecular formula is C15H30N2. The molecule has 2 nitrogen and oxygen atoms in total. The van der Waals surface area contributed by atoms with Crippen molar-refractivity contribution in [3.63, 3.8) is 0 Å². The van der Waals surface area contributed by atoms with E-state index in [1.165, 1.54) is 64.6 Å². The zero-order valence-corrected chi connectivity index (χ0v) is 11.8. The number of rotatable bonds is 7. The third kappa shape index (κ3) is 3.69. The van der Waals surface area contributed by atoms with Gasteiger partial charge in [0, 0.05) is 12.6 Å². The molecule has 0 spiro atoms. The molecule has 0 aromatic carbocycles. The van der Waals surface area contributed by atoms with Crippen molar-refractivity contribution in [2.45, 2.75) is 57.9 Å². The van der Waals surface area contributed by atoms with Crippen LogP contribution in [0.4, 0.5) is 0 Å². The molecule has 17 heavy (non-hydrogen) atoms. The minimum absolute atomic E-state index is 0.803. The van der Waals surface area contributed by atoms with Crippen LogP contribution in [0.15, 0.2) is 0 Å². The third-order valence-electron chi connectivity index (χ3n) is 5.03. The summed E-state index contributed by atoms with van der Waals surface area (Å²) in [6.45, 7) is 6.26. The summed E-state index contributed by atoms with van der Waals surface area (Å²) in [5, 5.41) is 3.50. The van der Waals surface area contributed by atoms with Crippen LogP contribution in [0.25, 0.3) is 0 Å². The first-order valence-corrected chi connectivity index (χ1v) is 7.73. The lowest BCUT2D eigenvalue weighted by Crippen LogP contribution is -2.36. The van der Waals surface area contributed by atoms with Gasteiger partial charge in [0.15, 0.2) is 0 Å². The van der Waals surface area contributed by atoms with Crippen LogP contribution in [0, 0.1) is 11.8 Å². The fourth-order valence-corrected chi connectivity index (χ4v) is 3.53. The maximum absolute atomic E-state index is 3.50. The van der Waals surface area contributed by atoms with Gasteiger partial charge in [0.05, 0.1) is 0 Å². The van der Waals surface area contributed by atoms with E-state index in [4.69, 9.17) is 0 Å². The Morgan fingerprint density at radius 2 is 1.88 bits per heavy atom. The number of hydrogen-bond donors (Lipinski definition) is 1. The summed E-state index contributed by atoms with van der Waals surface area (Å²) in [6, 6.07) is 0.803. The Morgan fingerprint density at radius 3 is 2.47 bits per heavy atom. The molecule has 2 heteroatoms. The number of nitrogens with one attached hydrogen (secondary N) is 1. The Bertz CT molecular complexity index is 213. The molecule has 2 saturated carbocycles. The first-order chi connectivity index (χ1) is 8.33. The summed E-state index contributed by atoms with van der Waals surface area (Å²) in [4.78, 5) is 2.69. The lowest BCUT2D eigenvalue weighted by molar-refractivity contribution is 0.172. The highest BCUT2D eigenvalue weighted by molar-refractivity contribution is 4.83. The van der Waals surface area contributed by atoms with E-state index in [2.05, 4.69) is 24.2 Å². The van der Waals surface area contributed by atoms with Gasteiger partial charge in [0.2, 0.25) is 0 Å². The molecule has 0 heterocycles. The van der Waals surface area contributed by atoms with Gasteiger partial charge in [-0.15, -0.1) is 0 Å². The van der Waals surface area contributed by atoms with Crippen LogP contribution in [0.1, 0.15) is 51.9 Å². The highest BCUT2D eigenvalue weighted by Crippen LogP contribution is 2.30. The van der Waals surface area contributed by atoms with Crippen molar-refractivity contribution in [1.29, 1.82) is 0 Å². The molecule has 0 saturated heterocycles. The summed E-state index contributed by atoms with van der Waals surface area (Å²) in [5.74, 6) is 1.97. The van der Waals surface area contributed by atoms with E-state index in [9.17, 15) is 0 Å². The molecule has 0 amide bonds. The van der Waals surface area contributed by atoms with Gasteiger partial charge in [0.1, 0.15) is 0 Å². The minimum atomic E-state index is 0.803. The summed E-state index contributed by atoms with van der Waals surface area (Å²) in [6.07, 6.45) is 10.1. The zero-order chi connectivity index (χ0) is 12.1. The van der Waals surface area contributed by atoms with Crippen molar-refractivity contribution in [2.75, 3.05) is 26.7 Å². The molecular weight excluding hydrogens is 208 g/mol. The fraction of sp³-hybridized carbons (Fsp3) is 1.00. The second kappa shape index (κ2) is 6.75. The van der Waals surface area contributed by atoms with E-state index in [1.807, 2.05) is 0 Å². The molecule has 0 aliphatic heterocycles. The Balaban J connectivity index is 1.67. The average Bonchev–Trinajstić information content (AvgIpc) is 2.74. The molecule has 2 rings (SSSR count). The standard InChI is InChI=1S/C15H30N2/c1-3-17(12-13-6-4-7-13)11-10-14-8-5-9-15(14)16-2/h13-16H,3-12H2,1-2H3. The third-order valence-corrected chi connectivity index (χ3v) is 5.03. The SMILES string of the molecule is CCN(CCC1CCCC1NC)CC1CCC1. The van der Waals surface area contributed by atoms with Gasteiger partial charge in [-0.05, 0) is 64.1 Å². The van der Waals surface area contributed by atoms with E-state index >= 15 is 0 Å². The Kier molecular flexibility index (Phi) is 5.30. The zero-order valence-electron chi connectivity index (χ0n) is 11.8. The average molecular weight is 238 g/mol. The molecule has 0 radical (unpaired) electrons.